The number of hydrogen-bond acceptors (Lipinski definition) is 8. The molecule has 1 atom stereocenters. The quantitative estimate of drug-likeness (QED) is 0.717. The predicted octanol–water partition coefficient (Wildman–Crippen LogP) is 3.06. The second kappa shape index (κ2) is 9.40. The van der Waals surface area contributed by atoms with Crippen molar-refractivity contribution in [1.29, 1.82) is 0 Å². The van der Waals surface area contributed by atoms with Crippen LogP contribution in [-0.4, -0.2) is 70.7 Å². The van der Waals surface area contributed by atoms with Crippen molar-refractivity contribution in [1.82, 2.24) is 24.6 Å². The molecule has 9 heteroatoms. The van der Waals surface area contributed by atoms with Gasteiger partial charge in [-0.25, -0.2) is 4.68 Å². The van der Waals surface area contributed by atoms with Crippen molar-refractivity contribution < 1.29 is 14.2 Å². The van der Waals surface area contributed by atoms with Gasteiger partial charge in [-0.15, -0.1) is 5.10 Å². The fourth-order valence-electron chi connectivity index (χ4n) is 3.82. The van der Waals surface area contributed by atoms with E-state index < -0.39 is 0 Å². The maximum absolute atomic E-state index is 6.08. The Morgan fingerprint density at radius 2 is 1.97 bits per heavy atom. The fourth-order valence-corrected chi connectivity index (χ4v) is 3.82. The minimum Gasteiger partial charge on any atom is -0.476 e. The van der Waals surface area contributed by atoms with Crippen LogP contribution in [0.4, 0.5) is 11.6 Å². The summed E-state index contributed by atoms with van der Waals surface area (Å²) in [6.45, 7) is 10.6. The summed E-state index contributed by atoms with van der Waals surface area (Å²) in [6, 6.07) is 1.91. The average molecular weight is 431 g/mol. The van der Waals surface area contributed by atoms with Crippen LogP contribution >= 0.6 is 0 Å². The molecule has 0 bridgehead atoms. The first kappa shape index (κ1) is 21.8. The fraction of sp³-hybridized carbons (Fsp3) is 0.682. The van der Waals surface area contributed by atoms with Crippen molar-refractivity contribution in [2.45, 2.75) is 51.7 Å². The van der Waals surface area contributed by atoms with E-state index in [1.807, 2.05) is 10.7 Å². The van der Waals surface area contributed by atoms with Gasteiger partial charge in [0.1, 0.15) is 11.9 Å². The predicted molar refractivity (Wildman–Crippen MR) is 118 cm³/mol. The summed E-state index contributed by atoms with van der Waals surface area (Å²) in [7, 11) is 2.14. The van der Waals surface area contributed by atoms with Gasteiger partial charge in [0.25, 0.3) is 0 Å². The second-order valence-corrected chi connectivity index (χ2v) is 9.48. The monoisotopic (exact) mass is 430 g/mol. The number of aromatic nitrogens is 4. The van der Waals surface area contributed by atoms with Crippen LogP contribution < -0.4 is 14.8 Å². The van der Waals surface area contributed by atoms with Gasteiger partial charge in [-0.3, -0.25) is 4.98 Å². The zero-order valence-electron chi connectivity index (χ0n) is 19.0. The molecule has 2 aliphatic heterocycles. The van der Waals surface area contributed by atoms with Crippen LogP contribution in [0.3, 0.4) is 0 Å². The molecule has 0 unspecified atom stereocenters. The molecule has 1 N–H and O–H groups in total. The van der Waals surface area contributed by atoms with Crippen molar-refractivity contribution in [3.05, 3.63) is 18.5 Å². The van der Waals surface area contributed by atoms with Crippen molar-refractivity contribution in [3.63, 3.8) is 0 Å². The third-order valence-corrected chi connectivity index (χ3v) is 5.63. The van der Waals surface area contributed by atoms with Gasteiger partial charge in [0.05, 0.1) is 31.1 Å². The van der Waals surface area contributed by atoms with E-state index in [0.29, 0.717) is 30.1 Å². The molecule has 4 heterocycles. The first-order chi connectivity index (χ1) is 14.9. The topological polar surface area (TPSA) is 86.6 Å². The number of piperidine rings is 1. The van der Waals surface area contributed by atoms with Gasteiger partial charge in [-0.2, -0.15) is 4.98 Å². The highest BCUT2D eigenvalue weighted by Gasteiger charge is 2.23. The molecule has 0 spiro atoms. The number of nitrogens with one attached hydrogen (secondary N) is 1. The molecule has 0 aliphatic carbocycles. The minimum atomic E-state index is -0.226. The Balaban J connectivity index is 1.44. The molecule has 9 nitrogen and oxygen atoms in total. The normalized spacial score (nSPS) is 20.7. The van der Waals surface area contributed by atoms with E-state index in [4.69, 9.17) is 14.2 Å². The third kappa shape index (κ3) is 5.86. The lowest BCUT2D eigenvalue weighted by molar-refractivity contribution is 0.110. The summed E-state index contributed by atoms with van der Waals surface area (Å²) >= 11 is 0. The van der Waals surface area contributed by atoms with E-state index in [2.05, 4.69) is 53.1 Å². The smallest absolute Gasteiger partial charge is 0.235 e. The summed E-state index contributed by atoms with van der Waals surface area (Å²) < 4.78 is 19.4. The zero-order valence-corrected chi connectivity index (χ0v) is 19.0. The Bertz CT molecular complexity index is 851. The molecular weight excluding hydrogens is 396 g/mol. The number of nitrogens with zero attached hydrogens (tertiary/aromatic N) is 5. The Morgan fingerprint density at radius 3 is 2.68 bits per heavy atom. The molecule has 2 aromatic heterocycles. The second-order valence-electron chi connectivity index (χ2n) is 9.48. The van der Waals surface area contributed by atoms with Crippen molar-refractivity contribution in [3.8, 4) is 11.8 Å². The molecule has 0 amide bonds. The Hall–Kier alpha value is -2.39. The van der Waals surface area contributed by atoms with Gasteiger partial charge in [0.15, 0.2) is 5.82 Å². The van der Waals surface area contributed by atoms with Crippen LogP contribution in [0.5, 0.6) is 11.8 Å². The lowest BCUT2D eigenvalue weighted by Crippen LogP contribution is -2.35. The van der Waals surface area contributed by atoms with E-state index in [1.54, 1.807) is 12.4 Å². The number of anilines is 2. The van der Waals surface area contributed by atoms with E-state index in [9.17, 15) is 0 Å². The molecule has 0 radical (unpaired) electrons. The van der Waals surface area contributed by atoms with E-state index >= 15 is 0 Å². The van der Waals surface area contributed by atoms with Gasteiger partial charge in [-0.1, -0.05) is 0 Å². The third-order valence-electron chi connectivity index (χ3n) is 5.63. The van der Waals surface area contributed by atoms with Gasteiger partial charge in [0.2, 0.25) is 11.8 Å². The largest absolute Gasteiger partial charge is 0.476 e. The Morgan fingerprint density at radius 1 is 1.16 bits per heavy atom. The standard InChI is InChI=1S/C22H34N6O3/c1-22(2,3)28-19(11-20(26-28)30-15-16-7-10-29-14-16)24-18-12-23-13-21(25-18)31-17-5-8-27(4)9-6-17/h11-13,16-17H,5-10,14-15H2,1-4H3,(H,24,25)/t16-/m0/s1. The molecule has 2 aliphatic rings. The number of rotatable bonds is 7. The average Bonchev–Trinajstić information content (AvgIpc) is 3.38. The SMILES string of the molecule is CN1CCC(Oc2cncc(Nc3cc(OC[C@H]4CCOC4)nn3C(C)(C)C)n2)CC1. The molecule has 2 aromatic rings. The zero-order chi connectivity index (χ0) is 21.8. The summed E-state index contributed by atoms with van der Waals surface area (Å²) in [4.78, 5) is 11.2. The number of likely N-dealkylation sites (tertiary alicyclic amines) is 1. The minimum absolute atomic E-state index is 0.181. The molecule has 0 saturated carbocycles. The van der Waals surface area contributed by atoms with Gasteiger partial charge in [-0.05, 0) is 47.1 Å². The van der Waals surface area contributed by atoms with Gasteiger partial charge in [0, 0.05) is 31.7 Å². The van der Waals surface area contributed by atoms with Crippen LogP contribution in [-0.2, 0) is 10.3 Å². The first-order valence-electron chi connectivity index (χ1n) is 11.1. The van der Waals surface area contributed by atoms with E-state index in [1.165, 1.54) is 0 Å². The summed E-state index contributed by atoms with van der Waals surface area (Å²) in [5, 5.41) is 8.01. The molecule has 0 aromatic carbocycles. The van der Waals surface area contributed by atoms with Crippen LogP contribution in [0.15, 0.2) is 18.5 Å². The highest BCUT2D eigenvalue weighted by molar-refractivity contribution is 5.53. The summed E-state index contributed by atoms with van der Waals surface area (Å²) in [5.41, 5.74) is -0.226. The van der Waals surface area contributed by atoms with Crippen LogP contribution in [0, 0.1) is 5.92 Å². The van der Waals surface area contributed by atoms with E-state index in [0.717, 1.165) is 51.4 Å². The van der Waals surface area contributed by atoms with Crippen molar-refractivity contribution in [2.75, 3.05) is 45.3 Å². The van der Waals surface area contributed by atoms with E-state index in [-0.39, 0.29) is 11.6 Å². The van der Waals surface area contributed by atoms with Crippen molar-refractivity contribution >= 4 is 11.6 Å². The van der Waals surface area contributed by atoms with Crippen LogP contribution in [0.2, 0.25) is 0 Å². The highest BCUT2D eigenvalue weighted by atomic mass is 16.5. The van der Waals surface area contributed by atoms with Crippen LogP contribution in [0.25, 0.3) is 0 Å². The first-order valence-corrected chi connectivity index (χ1v) is 11.1. The Labute approximate surface area is 184 Å². The summed E-state index contributed by atoms with van der Waals surface area (Å²) in [6.07, 6.45) is 6.57. The lowest BCUT2D eigenvalue weighted by Gasteiger charge is -2.28. The van der Waals surface area contributed by atoms with Crippen molar-refractivity contribution in [2.24, 2.45) is 5.92 Å². The summed E-state index contributed by atoms with van der Waals surface area (Å²) in [5.74, 6) is 2.98. The number of ether oxygens (including phenoxy) is 3. The Kier molecular flexibility index (Phi) is 6.62. The van der Waals surface area contributed by atoms with Crippen LogP contribution in [0.1, 0.15) is 40.0 Å². The van der Waals surface area contributed by atoms with Gasteiger partial charge < -0.3 is 24.4 Å². The maximum atomic E-state index is 6.08. The lowest BCUT2D eigenvalue weighted by atomic mass is 10.1. The highest BCUT2D eigenvalue weighted by Crippen LogP contribution is 2.28. The molecule has 170 valence electrons. The molecule has 2 saturated heterocycles. The molecule has 31 heavy (non-hydrogen) atoms. The molecule has 4 rings (SSSR count). The molecule has 2 fully saturated rings. The maximum Gasteiger partial charge on any atom is 0.235 e. The van der Waals surface area contributed by atoms with Gasteiger partial charge >= 0.3 is 0 Å². The molecular formula is C22H34N6O3. The number of hydrogen-bond donors (Lipinski definition) is 1.